The predicted octanol–water partition coefficient (Wildman–Crippen LogP) is 4.43. The number of furan rings is 1. The van der Waals surface area contributed by atoms with Crippen LogP contribution < -0.4 is 5.73 Å². The molecular weight excluding hydrogens is 432 g/mol. The van der Waals surface area contributed by atoms with Gasteiger partial charge < -0.3 is 15.3 Å². The Morgan fingerprint density at radius 2 is 1.88 bits per heavy atom. The number of hydrogen-bond acceptors (Lipinski definition) is 7. The summed E-state index contributed by atoms with van der Waals surface area (Å²) in [7, 11) is 0. The predicted molar refractivity (Wildman–Crippen MR) is 120 cm³/mol. The van der Waals surface area contributed by atoms with Gasteiger partial charge in [-0.1, -0.05) is 11.6 Å². The van der Waals surface area contributed by atoms with Crippen LogP contribution in [0.5, 0.6) is 0 Å². The molecule has 8 nitrogen and oxygen atoms in total. The zero-order valence-corrected chi connectivity index (χ0v) is 17.4. The molecule has 0 atom stereocenters. The fourth-order valence-electron chi connectivity index (χ4n) is 3.04. The number of aryl methyl sites for hydroxylation is 1. The highest BCUT2D eigenvalue weighted by Crippen LogP contribution is 2.32. The third-order valence-corrected chi connectivity index (χ3v) is 4.95. The number of carboxylic acids is 1. The first-order valence-electron chi connectivity index (χ1n) is 9.59. The molecule has 0 radical (unpaired) electrons. The van der Waals surface area contributed by atoms with Crippen LogP contribution in [0.25, 0.3) is 28.4 Å². The SMILES string of the molecule is Nc1ccc(/C=C/C(=O)CCc2cc3cc(-c4ncc(C(=O)O)cn4)cc(Cl)c3o2)cn1. The van der Waals surface area contributed by atoms with Crippen LogP contribution in [0, 0.1) is 0 Å². The number of hydrogen-bond donors (Lipinski definition) is 2. The Morgan fingerprint density at radius 3 is 2.56 bits per heavy atom. The zero-order chi connectivity index (χ0) is 22.7. The number of aromatic nitrogens is 3. The normalized spacial score (nSPS) is 11.3. The van der Waals surface area contributed by atoms with E-state index >= 15 is 0 Å². The Bertz CT molecular complexity index is 1330. The Morgan fingerprint density at radius 1 is 1.09 bits per heavy atom. The molecule has 0 bridgehead atoms. The Kier molecular flexibility index (Phi) is 5.96. The fourth-order valence-corrected chi connectivity index (χ4v) is 3.30. The summed E-state index contributed by atoms with van der Waals surface area (Å²) in [6.45, 7) is 0. The smallest absolute Gasteiger partial charge is 0.338 e. The lowest BCUT2D eigenvalue weighted by Gasteiger charge is -2.02. The number of anilines is 1. The molecule has 0 spiro atoms. The lowest BCUT2D eigenvalue weighted by molar-refractivity contribution is -0.114. The average Bonchev–Trinajstić information content (AvgIpc) is 3.21. The molecule has 160 valence electrons. The Balaban J connectivity index is 1.47. The van der Waals surface area contributed by atoms with Crippen molar-refractivity contribution in [2.75, 3.05) is 5.73 Å². The van der Waals surface area contributed by atoms with Crippen molar-refractivity contribution >= 4 is 46.2 Å². The number of allylic oxidation sites excluding steroid dienone is 1. The standard InChI is InChI=1S/C23H17ClN4O4/c24-19-9-15(22-27-11-16(12-28-22)23(30)31)7-14-8-18(32-21(14)19)5-4-17(29)3-1-13-2-6-20(25)26-10-13/h1-3,6-12H,4-5H2,(H2,25,26)(H,30,31)/b3-1+. The maximum Gasteiger partial charge on any atom is 0.338 e. The summed E-state index contributed by atoms with van der Waals surface area (Å²) >= 11 is 6.36. The quantitative estimate of drug-likeness (QED) is 0.396. The summed E-state index contributed by atoms with van der Waals surface area (Å²) in [6.07, 6.45) is 7.94. The van der Waals surface area contributed by atoms with E-state index < -0.39 is 5.97 Å². The molecule has 0 aliphatic carbocycles. The van der Waals surface area contributed by atoms with Crippen molar-refractivity contribution in [3.63, 3.8) is 0 Å². The lowest BCUT2D eigenvalue weighted by Crippen LogP contribution is -1.99. The summed E-state index contributed by atoms with van der Waals surface area (Å²) in [5.74, 6) is 0.236. The monoisotopic (exact) mass is 448 g/mol. The zero-order valence-electron chi connectivity index (χ0n) is 16.7. The largest absolute Gasteiger partial charge is 0.478 e. The van der Waals surface area contributed by atoms with E-state index in [1.165, 1.54) is 18.5 Å². The van der Waals surface area contributed by atoms with Crippen molar-refractivity contribution in [2.24, 2.45) is 0 Å². The number of nitrogens with two attached hydrogens (primary N) is 1. The van der Waals surface area contributed by atoms with Crippen LogP contribution in [0.2, 0.25) is 5.02 Å². The fraction of sp³-hybridized carbons (Fsp3) is 0.0870. The third-order valence-electron chi connectivity index (χ3n) is 4.67. The highest BCUT2D eigenvalue weighted by atomic mass is 35.5. The second-order valence-corrected chi connectivity index (χ2v) is 7.41. The van der Waals surface area contributed by atoms with Gasteiger partial charge in [0.1, 0.15) is 11.6 Å². The highest BCUT2D eigenvalue weighted by molar-refractivity contribution is 6.35. The first kappa shape index (κ1) is 21.2. The van der Waals surface area contributed by atoms with Gasteiger partial charge >= 0.3 is 5.97 Å². The summed E-state index contributed by atoms with van der Waals surface area (Å²) in [5.41, 5.74) is 7.46. The van der Waals surface area contributed by atoms with Crippen molar-refractivity contribution in [2.45, 2.75) is 12.8 Å². The minimum atomic E-state index is -1.10. The number of nitrogens with zero attached hydrogens (tertiary/aromatic N) is 3. The molecule has 32 heavy (non-hydrogen) atoms. The van der Waals surface area contributed by atoms with Gasteiger partial charge in [0.2, 0.25) is 0 Å². The van der Waals surface area contributed by atoms with Gasteiger partial charge in [-0.05, 0) is 48.0 Å². The number of rotatable bonds is 7. The second kappa shape index (κ2) is 8.99. The van der Waals surface area contributed by atoms with E-state index in [-0.39, 0.29) is 17.8 Å². The van der Waals surface area contributed by atoms with Gasteiger partial charge in [0.15, 0.2) is 17.2 Å². The number of carbonyl (C=O) groups excluding carboxylic acids is 1. The molecule has 3 heterocycles. The lowest BCUT2D eigenvalue weighted by atomic mass is 10.1. The van der Waals surface area contributed by atoms with Crippen LogP contribution >= 0.6 is 11.6 Å². The molecule has 0 aliphatic heterocycles. The summed E-state index contributed by atoms with van der Waals surface area (Å²) in [4.78, 5) is 35.3. The number of halogens is 1. The van der Waals surface area contributed by atoms with Gasteiger partial charge in [0.25, 0.3) is 0 Å². The van der Waals surface area contributed by atoms with E-state index in [0.717, 1.165) is 10.9 Å². The van der Waals surface area contributed by atoms with Crippen LogP contribution in [-0.2, 0) is 11.2 Å². The number of carboxylic acid groups (broad SMARTS) is 1. The van der Waals surface area contributed by atoms with Gasteiger partial charge in [-0.25, -0.2) is 19.7 Å². The minimum Gasteiger partial charge on any atom is -0.478 e. The van der Waals surface area contributed by atoms with Crippen LogP contribution in [0.3, 0.4) is 0 Å². The molecule has 9 heteroatoms. The number of carbonyl (C=O) groups is 2. The number of aromatic carboxylic acids is 1. The molecule has 3 aromatic heterocycles. The van der Waals surface area contributed by atoms with E-state index in [0.29, 0.717) is 40.0 Å². The van der Waals surface area contributed by atoms with Crippen LogP contribution in [0.4, 0.5) is 5.82 Å². The van der Waals surface area contributed by atoms with Crippen molar-refractivity contribution in [1.82, 2.24) is 15.0 Å². The van der Waals surface area contributed by atoms with E-state index in [1.54, 1.807) is 36.5 Å². The topological polar surface area (TPSA) is 132 Å². The van der Waals surface area contributed by atoms with E-state index in [9.17, 15) is 9.59 Å². The number of ketones is 1. The molecule has 0 saturated carbocycles. The van der Waals surface area contributed by atoms with Crippen LogP contribution in [0.1, 0.15) is 28.1 Å². The first-order valence-corrected chi connectivity index (χ1v) is 9.97. The number of benzene rings is 1. The van der Waals surface area contributed by atoms with Gasteiger partial charge in [-0.2, -0.15) is 0 Å². The van der Waals surface area contributed by atoms with Crippen molar-refractivity contribution in [1.29, 1.82) is 0 Å². The van der Waals surface area contributed by atoms with Gasteiger partial charge in [-0.3, -0.25) is 4.79 Å². The van der Waals surface area contributed by atoms with Crippen molar-refractivity contribution in [3.8, 4) is 11.4 Å². The summed E-state index contributed by atoms with van der Waals surface area (Å²) in [6, 6.07) is 8.73. The molecule has 4 rings (SSSR count). The third kappa shape index (κ3) is 4.81. The number of nitrogen functional groups attached to an aromatic ring is 1. The Labute approximate surface area is 187 Å². The molecule has 0 fully saturated rings. The van der Waals surface area contributed by atoms with Crippen molar-refractivity contribution < 1.29 is 19.1 Å². The molecule has 0 aliphatic rings. The van der Waals surface area contributed by atoms with Crippen LogP contribution in [-0.4, -0.2) is 31.8 Å². The molecule has 0 saturated heterocycles. The maximum absolute atomic E-state index is 12.2. The van der Waals surface area contributed by atoms with E-state index in [2.05, 4.69) is 15.0 Å². The first-order chi connectivity index (χ1) is 15.4. The Hall–Kier alpha value is -4.04. The van der Waals surface area contributed by atoms with Crippen molar-refractivity contribution in [3.05, 3.63) is 76.9 Å². The van der Waals surface area contributed by atoms with E-state index in [1.807, 2.05) is 6.07 Å². The summed E-state index contributed by atoms with van der Waals surface area (Å²) in [5, 5.41) is 10.1. The minimum absolute atomic E-state index is 0.00195. The molecule has 4 aromatic rings. The second-order valence-electron chi connectivity index (χ2n) is 7.01. The molecule has 0 amide bonds. The molecular formula is C23H17ClN4O4. The molecule has 3 N–H and O–H groups in total. The van der Waals surface area contributed by atoms with E-state index in [4.69, 9.17) is 26.9 Å². The summed E-state index contributed by atoms with van der Waals surface area (Å²) < 4.78 is 5.82. The average molecular weight is 449 g/mol. The van der Waals surface area contributed by atoms with Gasteiger partial charge in [-0.15, -0.1) is 0 Å². The highest BCUT2D eigenvalue weighted by Gasteiger charge is 2.13. The van der Waals surface area contributed by atoms with Crippen LogP contribution in [0.15, 0.2) is 59.4 Å². The van der Waals surface area contributed by atoms with Gasteiger partial charge in [0.05, 0.1) is 10.6 Å². The van der Waals surface area contributed by atoms with Gasteiger partial charge in [0, 0.05) is 42.4 Å². The number of pyridine rings is 1. The number of fused-ring (bicyclic) bond motifs is 1. The molecule has 1 aromatic carbocycles. The molecule has 0 unspecified atom stereocenters. The maximum atomic E-state index is 12.2.